The number of aliphatic imine (C=N–C) groups is 1. The number of halogens is 1. The van der Waals surface area contributed by atoms with Crippen LogP contribution in [0.1, 0.15) is 6.92 Å². The highest BCUT2D eigenvalue weighted by Gasteiger charge is 2.09. The van der Waals surface area contributed by atoms with Crippen LogP contribution in [0.4, 0.5) is 0 Å². The van der Waals surface area contributed by atoms with Crippen LogP contribution in [0.25, 0.3) is 0 Å². The molecule has 138 valence electrons. The number of methoxy groups -OCH3 is 1. The van der Waals surface area contributed by atoms with Gasteiger partial charge in [0.1, 0.15) is 15.9 Å². The quantitative estimate of drug-likeness (QED) is 0.338. The smallest absolute Gasteiger partial charge is 0.191 e. The maximum absolute atomic E-state index is 11.1. The molecule has 0 aliphatic heterocycles. The van der Waals surface area contributed by atoms with Crippen molar-refractivity contribution in [3.63, 3.8) is 0 Å². The van der Waals surface area contributed by atoms with Gasteiger partial charge in [0.2, 0.25) is 0 Å². The Hall–Kier alpha value is -1.23. The Kier molecular flexibility index (Phi) is 10.8. The van der Waals surface area contributed by atoms with Crippen molar-refractivity contribution in [3.8, 4) is 11.5 Å². The lowest BCUT2D eigenvalue weighted by Crippen LogP contribution is -2.43. The van der Waals surface area contributed by atoms with Crippen molar-refractivity contribution in [3.05, 3.63) is 24.3 Å². The van der Waals surface area contributed by atoms with Crippen LogP contribution in [-0.2, 0) is 9.84 Å². The van der Waals surface area contributed by atoms with E-state index >= 15 is 0 Å². The SMILES string of the molecule is CN=C(NCCS(C)(=O)=O)NCC(C)Oc1ccccc1OC.I. The molecule has 7 nitrogen and oxygen atoms in total. The van der Waals surface area contributed by atoms with Crippen molar-refractivity contribution in [1.29, 1.82) is 0 Å². The van der Waals surface area contributed by atoms with Crippen molar-refractivity contribution >= 4 is 39.8 Å². The van der Waals surface area contributed by atoms with Crippen LogP contribution in [0.15, 0.2) is 29.3 Å². The van der Waals surface area contributed by atoms with Gasteiger partial charge in [0, 0.05) is 19.8 Å². The Morgan fingerprint density at radius 3 is 2.42 bits per heavy atom. The predicted octanol–water partition coefficient (Wildman–Crippen LogP) is 1.29. The third kappa shape index (κ3) is 9.16. The standard InChI is InChI=1S/C15H25N3O4S.HI/c1-12(22-14-8-6-5-7-13(14)21-3)11-18-15(16-2)17-9-10-23(4,19)20;/h5-8,12H,9-11H2,1-4H3,(H2,16,17,18);1H. The molecule has 0 amide bonds. The summed E-state index contributed by atoms with van der Waals surface area (Å²) in [6, 6.07) is 7.43. The molecule has 0 bridgehead atoms. The van der Waals surface area contributed by atoms with Crippen LogP contribution in [0.5, 0.6) is 11.5 Å². The molecule has 1 atom stereocenters. The third-order valence-corrected chi connectivity index (χ3v) is 3.89. The van der Waals surface area contributed by atoms with Crippen LogP contribution >= 0.6 is 24.0 Å². The normalized spacial score (nSPS) is 12.8. The number of sulfone groups is 1. The second kappa shape index (κ2) is 11.3. The van der Waals surface area contributed by atoms with Gasteiger partial charge in [-0.05, 0) is 19.1 Å². The first-order valence-electron chi connectivity index (χ1n) is 7.27. The minimum Gasteiger partial charge on any atom is -0.493 e. The molecular formula is C15H26IN3O4S. The van der Waals surface area contributed by atoms with Crippen LogP contribution in [0.2, 0.25) is 0 Å². The summed E-state index contributed by atoms with van der Waals surface area (Å²) in [6.45, 7) is 2.74. The van der Waals surface area contributed by atoms with Crippen LogP contribution in [0.3, 0.4) is 0 Å². The van der Waals surface area contributed by atoms with Crippen LogP contribution in [0, 0.1) is 0 Å². The molecule has 0 aliphatic carbocycles. The Balaban J connectivity index is 0.00000529. The van der Waals surface area contributed by atoms with Crippen molar-refractivity contribution in [2.45, 2.75) is 13.0 Å². The number of nitrogens with one attached hydrogen (secondary N) is 2. The zero-order chi connectivity index (χ0) is 17.3. The summed E-state index contributed by atoms with van der Waals surface area (Å²) in [6.07, 6.45) is 1.08. The van der Waals surface area contributed by atoms with E-state index in [0.717, 1.165) is 0 Å². The number of nitrogens with zero attached hydrogens (tertiary/aromatic N) is 1. The summed E-state index contributed by atoms with van der Waals surface area (Å²) in [4.78, 5) is 4.04. The maximum Gasteiger partial charge on any atom is 0.191 e. The largest absolute Gasteiger partial charge is 0.493 e. The molecule has 2 N–H and O–H groups in total. The average Bonchev–Trinajstić information content (AvgIpc) is 2.50. The lowest BCUT2D eigenvalue weighted by molar-refractivity contribution is 0.213. The van der Waals surface area contributed by atoms with Crippen molar-refractivity contribution < 1.29 is 17.9 Å². The van der Waals surface area contributed by atoms with E-state index in [1.807, 2.05) is 31.2 Å². The number of hydrogen-bond acceptors (Lipinski definition) is 5. The van der Waals surface area contributed by atoms with Gasteiger partial charge in [-0.2, -0.15) is 0 Å². The van der Waals surface area contributed by atoms with E-state index in [4.69, 9.17) is 9.47 Å². The molecule has 1 aromatic carbocycles. The molecule has 0 saturated heterocycles. The van der Waals surface area contributed by atoms with Crippen molar-refractivity contribution in [2.75, 3.05) is 39.3 Å². The summed E-state index contributed by atoms with van der Waals surface area (Å²) in [5.74, 6) is 1.93. The molecule has 1 rings (SSSR count). The molecular weight excluding hydrogens is 445 g/mol. The predicted molar refractivity (Wildman–Crippen MR) is 108 cm³/mol. The lowest BCUT2D eigenvalue weighted by Gasteiger charge is -2.19. The summed E-state index contributed by atoms with van der Waals surface area (Å²) < 4.78 is 33.3. The average molecular weight is 471 g/mol. The highest BCUT2D eigenvalue weighted by atomic mass is 127. The second-order valence-electron chi connectivity index (χ2n) is 5.09. The van der Waals surface area contributed by atoms with Gasteiger partial charge in [-0.3, -0.25) is 4.99 Å². The molecule has 0 radical (unpaired) electrons. The van der Waals surface area contributed by atoms with Crippen molar-refractivity contribution in [2.24, 2.45) is 4.99 Å². The Bertz CT molecular complexity index is 623. The molecule has 0 aliphatic rings. The fourth-order valence-electron chi connectivity index (χ4n) is 1.79. The molecule has 1 unspecified atom stereocenters. The molecule has 24 heavy (non-hydrogen) atoms. The summed E-state index contributed by atoms with van der Waals surface area (Å²) >= 11 is 0. The van der Waals surface area contributed by atoms with Gasteiger partial charge in [-0.25, -0.2) is 8.42 Å². The molecule has 9 heteroatoms. The molecule has 0 spiro atoms. The van der Waals surface area contributed by atoms with Gasteiger partial charge in [0.15, 0.2) is 17.5 Å². The monoisotopic (exact) mass is 471 g/mol. The van der Waals surface area contributed by atoms with Gasteiger partial charge < -0.3 is 20.1 Å². The second-order valence-corrected chi connectivity index (χ2v) is 7.35. The number of guanidine groups is 1. The van der Waals surface area contributed by atoms with E-state index in [1.165, 1.54) is 6.26 Å². The number of rotatable bonds is 8. The summed E-state index contributed by atoms with van der Waals surface area (Å²) in [5, 5.41) is 6.04. The van der Waals surface area contributed by atoms with E-state index in [2.05, 4.69) is 15.6 Å². The van der Waals surface area contributed by atoms with Gasteiger partial charge >= 0.3 is 0 Å². The van der Waals surface area contributed by atoms with E-state index in [-0.39, 0.29) is 35.8 Å². The fourth-order valence-corrected chi connectivity index (χ4v) is 2.26. The maximum atomic E-state index is 11.1. The highest BCUT2D eigenvalue weighted by Crippen LogP contribution is 2.26. The zero-order valence-electron chi connectivity index (χ0n) is 14.4. The number of para-hydroxylation sites is 2. The van der Waals surface area contributed by atoms with E-state index in [0.29, 0.717) is 30.5 Å². The van der Waals surface area contributed by atoms with Gasteiger partial charge in [-0.15, -0.1) is 24.0 Å². The number of ether oxygens (including phenoxy) is 2. The fraction of sp³-hybridized carbons (Fsp3) is 0.533. The van der Waals surface area contributed by atoms with E-state index in [9.17, 15) is 8.42 Å². The first-order chi connectivity index (χ1) is 10.9. The Morgan fingerprint density at radius 1 is 1.25 bits per heavy atom. The molecule has 0 fully saturated rings. The topological polar surface area (TPSA) is 89.0 Å². The number of hydrogen-bond donors (Lipinski definition) is 2. The summed E-state index contributed by atoms with van der Waals surface area (Å²) in [7, 11) is 0.231. The molecule has 1 aromatic rings. The van der Waals surface area contributed by atoms with Crippen LogP contribution in [-0.4, -0.2) is 59.7 Å². The number of benzene rings is 1. The lowest BCUT2D eigenvalue weighted by atomic mass is 10.3. The van der Waals surface area contributed by atoms with Gasteiger partial charge in [0.25, 0.3) is 0 Å². The highest BCUT2D eigenvalue weighted by molar-refractivity contribution is 14.0. The summed E-state index contributed by atoms with van der Waals surface area (Å²) in [5.41, 5.74) is 0. The first-order valence-corrected chi connectivity index (χ1v) is 9.33. The molecule has 0 saturated carbocycles. The Labute approximate surface area is 161 Å². The Morgan fingerprint density at radius 2 is 1.88 bits per heavy atom. The van der Waals surface area contributed by atoms with E-state index in [1.54, 1.807) is 14.2 Å². The van der Waals surface area contributed by atoms with Crippen molar-refractivity contribution in [1.82, 2.24) is 10.6 Å². The van der Waals surface area contributed by atoms with Crippen LogP contribution < -0.4 is 20.1 Å². The molecule has 0 heterocycles. The third-order valence-electron chi connectivity index (χ3n) is 2.94. The first kappa shape index (κ1) is 22.8. The minimum atomic E-state index is -2.99. The van der Waals surface area contributed by atoms with Gasteiger partial charge in [-0.1, -0.05) is 12.1 Å². The van der Waals surface area contributed by atoms with E-state index < -0.39 is 9.84 Å². The minimum absolute atomic E-state index is 0. The zero-order valence-corrected chi connectivity index (χ0v) is 17.6. The molecule has 0 aromatic heterocycles. The van der Waals surface area contributed by atoms with Gasteiger partial charge in [0.05, 0.1) is 19.4 Å².